The summed E-state index contributed by atoms with van der Waals surface area (Å²) >= 11 is 0. The molecule has 2 rings (SSSR count). The number of nitro benzene ring substituents is 1. The van der Waals surface area contributed by atoms with Crippen LogP contribution in [0.3, 0.4) is 0 Å². The molecule has 0 radical (unpaired) electrons. The summed E-state index contributed by atoms with van der Waals surface area (Å²) in [5, 5.41) is 16.9. The van der Waals surface area contributed by atoms with E-state index in [1.165, 1.54) is 12.1 Å². The molecular formula is C11H11N5O3. The van der Waals surface area contributed by atoms with Crippen molar-refractivity contribution in [2.75, 3.05) is 5.73 Å². The highest BCUT2D eigenvalue weighted by Gasteiger charge is 2.16. The van der Waals surface area contributed by atoms with Crippen molar-refractivity contribution in [2.24, 2.45) is 5.73 Å². The van der Waals surface area contributed by atoms with Crippen LogP contribution in [0, 0.1) is 10.1 Å². The van der Waals surface area contributed by atoms with Gasteiger partial charge in [-0.1, -0.05) is 12.1 Å². The molecule has 0 aliphatic carbocycles. The molecule has 0 fully saturated rings. The second-order valence-electron chi connectivity index (χ2n) is 3.93. The number of aromatic nitrogens is 2. The molecule has 19 heavy (non-hydrogen) atoms. The van der Waals surface area contributed by atoms with Gasteiger partial charge in [0.15, 0.2) is 5.82 Å². The van der Waals surface area contributed by atoms with Crippen LogP contribution in [0.15, 0.2) is 24.3 Å². The Labute approximate surface area is 107 Å². The molecule has 0 saturated heterocycles. The van der Waals surface area contributed by atoms with Crippen LogP contribution in [0.2, 0.25) is 0 Å². The molecule has 2 aromatic rings. The summed E-state index contributed by atoms with van der Waals surface area (Å²) in [6.45, 7) is 0. The van der Waals surface area contributed by atoms with Crippen LogP contribution in [-0.2, 0) is 6.42 Å². The van der Waals surface area contributed by atoms with E-state index in [4.69, 9.17) is 11.5 Å². The largest absolute Gasteiger partial charge is 0.382 e. The van der Waals surface area contributed by atoms with E-state index < -0.39 is 10.8 Å². The number of nitrogens with zero attached hydrogens (tertiary/aromatic N) is 2. The van der Waals surface area contributed by atoms with E-state index in [1.54, 1.807) is 12.1 Å². The highest BCUT2D eigenvalue weighted by atomic mass is 16.6. The minimum Gasteiger partial charge on any atom is -0.382 e. The number of aromatic amines is 1. The van der Waals surface area contributed by atoms with Gasteiger partial charge in [-0.05, 0) is 5.56 Å². The van der Waals surface area contributed by atoms with Gasteiger partial charge in [0.05, 0.1) is 10.6 Å². The average molecular weight is 261 g/mol. The minimum absolute atomic E-state index is 0.00278. The zero-order valence-corrected chi connectivity index (χ0v) is 9.79. The zero-order chi connectivity index (χ0) is 14.0. The van der Waals surface area contributed by atoms with E-state index in [9.17, 15) is 14.9 Å². The van der Waals surface area contributed by atoms with Crippen molar-refractivity contribution in [3.8, 4) is 0 Å². The van der Waals surface area contributed by atoms with E-state index in [0.717, 1.165) is 5.56 Å². The van der Waals surface area contributed by atoms with Gasteiger partial charge in [-0.2, -0.15) is 5.10 Å². The fourth-order valence-corrected chi connectivity index (χ4v) is 1.74. The predicted molar refractivity (Wildman–Crippen MR) is 67.4 cm³/mol. The molecule has 1 heterocycles. The van der Waals surface area contributed by atoms with Gasteiger partial charge < -0.3 is 11.5 Å². The molecular weight excluding hydrogens is 250 g/mol. The lowest BCUT2D eigenvalue weighted by Crippen LogP contribution is -2.14. The Morgan fingerprint density at radius 2 is 2.00 bits per heavy atom. The Morgan fingerprint density at radius 3 is 2.53 bits per heavy atom. The lowest BCUT2D eigenvalue weighted by Gasteiger charge is -2.01. The van der Waals surface area contributed by atoms with Crippen molar-refractivity contribution in [3.05, 3.63) is 51.2 Å². The standard InChI is InChI=1S/C11H11N5O3/c12-10-9(11(13)17)8(14-15-10)5-6-1-3-7(4-2-6)16(18)19/h1-4H,5H2,(H2,13,17)(H3,12,14,15). The number of carbonyl (C=O) groups is 1. The molecule has 1 aromatic heterocycles. The van der Waals surface area contributed by atoms with E-state index in [2.05, 4.69) is 10.2 Å². The molecule has 0 aliphatic rings. The molecule has 0 spiro atoms. The first-order chi connectivity index (χ1) is 8.99. The zero-order valence-electron chi connectivity index (χ0n) is 9.79. The summed E-state index contributed by atoms with van der Waals surface area (Å²) in [5.74, 6) is -0.618. The normalized spacial score (nSPS) is 10.3. The van der Waals surface area contributed by atoms with Gasteiger partial charge in [0.1, 0.15) is 5.56 Å². The summed E-state index contributed by atoms with van der Waals surface area (Å²) in [7, 11) is 0. The van der Waals surface area contributed by atoms with Crippen LogP contribution in [-0.4, -0.2) is 21.0 Å². The molecule has 5 N–H and O–H groups in total. The van der Waals surface area contributed by atoms with Crippen LogP contribution in [0.4, 0.5) is 11.5 Å². The van der Waals surface area contributed by atoms with Gasteiger partial charge in [-0.15, -0.1) is 0 Å². The number of nitrogens with one attached hydrogen (secondary N) is 1. The van der Waals surface area contributed by atoms with Crippen LogP contribution in [0.1, 0.15) is 21.6 Å². The number of carbonyl (C=O) groups excluding carboxylic acids is 1. The highest BCUT2D eigenvalue weighted by molar-refractivity contribution is 5.98. The molecule has 8 nitrogen and oxygen atoms in total. The molecule has 0 saturated carbocycles. The first kappa shape index (κ1) is 12.6. The SMILES string of the molecule is NC(=O)c1c(N)n[nH]c1Cc1ccc([N+](=O)[O-])cc1. The van der Waals surface area contributed by atoms with Crippen molar-refractivity contribution >= 4 is 17.4 Å². The first-order valence-electron chi connectivity index (χ1n) is 5.35. The number of benzene rings is 1. The maximum Gasteiger partial charge on any atom is 0.269 e. The van der Waals surface area contributed by atoms with Crippen molar-refractivity contribution in [1.29, 1.82) is 0 Å². The Hall–Kier alpha value is -2.90. The topological polar surface area (TPSA) is 141 Å². The Morgan fingerprint density at radius 1 is 1.37 bits per heavy atom. The maximum absolute atomic E-state index is 11.2. The van der Waals surface area contributed by atoms with E-state index >= 15 is 0 Å². The summed E-state index contributed by atoms with van der Waals surface area (Å²) in [4.78, 5) is 21.3. The van der Waals surface area contributed by atoms with Gasteiger partial charge in [0, 0.05) is 18.6 Å². The van der Waals surface area contributed by atoms with E-state index in [1.807, 2.05) is 0 Å². The van der Waals surface area contributed by atoms with Crippen LogP contribution >= 0.6 is 0 Å². The van der Waals surface area contributed by atoms with Gasteiger partial charge in [-0.25, -0.2) is 0 Å². The molecule has 1 amide bonds. The number of rotatable bonds is 4. The summed E-state index contributed by atoms with van der Waals surface area (Å²) in [5.41, 5.74) is 12.2. The lowest BCUT2D eigenvalue weighted by atomic mass is 10.1. The fraction of sp³-hybridized carbons (Fsp3) is 0.0909. The lowest BCUT2D eigenvalue weighted by molar-refractivity contribution is -0.384. The number of anilines is 1. The number of nitro groups is 1. The van der Waals surface area contributed by atoms with Gasteiger partial charge >= 0.3 is 0 Å². The molecule has 8 heteroatoms. The summed E-state index contributed by atoms with van der Waals surface area (Å²) < 4.78 is 0. The third-order valence-corrected chi connectivity index (χ3v) is 2.64. The molecule has 0 bridgehead atoms. The number of amides is 1. The second kappa shape index (κ2) is 4.77. The number of H-pyrrole nitrogens is 1. The van der Waals surface area contributed by atoms with E-state index in [-0.39, 0.29) is 17.1 Å². The van der Waals surface area contributed by atoms with Gasteiger partial charge in [0.25, 0.3) is 11.6 Å². The van der Waals surface area contributed by atoms with Crippen molar-refractivity contribution in [3.63, 3.8) is 0 Å². The smallest absolute Gasteiger partial charge is 0.269 e. The van der Waals surface area contributed by atoms with Crippen LogP contribution in [0.5, 0.6) is 0 Å². The van der Waals surface area contributed by atoms with E-state index in [0.29, 0.717) is 12.1 Å². The molecule has 0 atom stereocenters. The quantitative estimate of drug-likeness (QED) is 0.545. The predicted octanol–water partition coefficient (Wildman–Crippen LogP) is 0.590. The third kappa shape index (κ3) is 2.51. The van der Waals surface area contributed by atoms with Crippen molar-refractivity contribution in [1.82, 2.24) is 10.2 Å². The van der Waals surface area contributed by atoms with Crippen LogP contribution in [0.25, 0.3) is 0 Å². The highest BCUT2D eigenvalue weighted by Crippen LogP contribution is 2.18. The molecule has 0 unspecified atom stereocenters. The number of nitrogen functional groups attached to an aromatic ring is 1. The maximum atomic E-state index is 11.2. The summed E-state index contributed by atoms with van der Waals surface area (Å²) in [6, 6.07) is 5.97. The average Bonchev–Trinajstić information content (AvgIpc) is 2.71. The minimum atomic E-state index is -0.664. The number of primary amides is 1. The molecule has 0 aliphatic heterocycles. The summed E-state index contributed by atoms with van der Waals surface area (Å²) in [6.07, 6.45) is 0.334. The molecule has 1 aromatic carbocycles. The van der Waals surface area contributed by atoms with Crippen LogP contribution < -0.4 is 11.5 Å². The molecule has 98 valence electrons. The number of hydrogen-bond donors (Lipinski definition) is 3. The van der Waals surface area contributed by atoms with Gasteiger partial charge in [0.2, 0.25) is 0 Å². The monoisotopic (exact) mass is 261 g/mol. The number of non-ortho nitro benzene ring substituents is 1. The van der Waals surface area contributed by atoms with Crippen molar-refractivity contribution in [2.45, 2.75) is 6.42 Å². The first-order valence-corrected chi connectivity index (χ1v) is 5.35. The number of nitrogens with two attached hydrogens (primary N) is 2. The fourth-order valence-electron chi connectivity index (χ4n) is 1.74. The van der Waals surface area contributed by atoms with Crippen molar-refractivity contribution < 1.29 is 9.72 Å². The Kier molecular flexibility index (Phi) is 3.15. The second-order valence-corrected chi connectivity index (χ2v) is 3.93. The number of hydrogen-bond acceptors (Lipinski definition) is 5. The third-order valence-electron chi connectivity index (χ3n) is 2.64. The Balaban J connectivity index is 2.26. The van der Waals surface area contributed by atoms with Gasteiger partial charge in [-0.3, -0.25) is 20.0 Å². The Bertz CT molecular complexity index is 632.